The lowest BCUT2D eigenvalue weighted by molar-refractivity contribution is -0.137. The molecule has 0 saturated heterocycles. The van der Waals surface area contributed by atoms with Crippen molar-refractivity contribution in [1.29, 1.82) is 0 Å². The monoisotopic (exact) mass is 248 g/mol. The van der Waals surface area contributed by atoms with Gasteiger partial charge in [-0.1, -0.05) is 33.6 Å². The molecular formula is C9H10BrFO2. The minimum absolute atomic E-state index is 1.15. The number of hydrogen-bond donors (Lipinski definition) is 1. The Bertz CT molecular complexity index is 259. The van der Waals surface area contributed by atoms with Gasteiger partial charge >= 0.3 is 5.97 Å². The molecule has 0 spiro atoms. The summed E-state index contributed by atoms with van der Waals surface area (Å²) in [6, 6.07) is 8.21. The van der Waals surface area contributed by atoms with Crippen LogP contribution in [-0.2, 0) is 4.79 Å². The molecule has 0 aliphatic rings. The maximum Gasteiger partial charge on any atom is 0.335 e. The van der Waals surface area contributed by atoms with Gasteiger partial charge in [0.2, 0.25) is 0 Å². The summed E-state index contributed by atoms with van der Waals surface area (Å²) in [6.45, 7) is 0.796. The number of carbonyl (C=O) groups is 1. The average molecular weight is 249 g/mol. The van der Waals surface area contributed by atoms with Gasteiger partial charge in [0.25, 0.3) is 0 Å². The first kappa shape index (κ1) is 12.1. The Hall–Kier alpha value is -0.900. The molecule has 0 aromatic heterocycles. The van der Waals surface area contributed by atoms with Crippen molar-refractivity contribution in [3.63, 3.8) is 0 Å². The van der Waals surface area contributed by atoms with Gasteiger partial charge in [-0.2, -0.15) is 0 Å². The van der Waals surface area contributed by atoms with Gasteiger partial charge in [0, 0.05) is 4.47 Å². The smallest absolute Gasteiger partial charge is 0.335 e. The van der Waals surface area contributed by atoms with Crippen molar-refractivity contribution in [1.82, 2.24) is 0 Å². The van der Waals surface area contributed by atoms with Gasteiger partial charge in [0.05, 0.1) is 0 Å². The summed E-state index contributed by atoms with van der Waals surface area (Å²) in [6.07, 6.45) is 0. The molecule has 0 unspecified atom stereocenters. The molecule has 0 heterocycles. The number of benzene rings is 1. The Morgan fingerprint density at radius 1 is 1.62 bits per heavy atom. The lowest BCUT2D eigenvalue weighted by Gasteiger charge is -1.89. The summed E-state index contributed by atoms with van der Waals surface area (Å²) < 4.78 is 11.7. The number of aryl methyl sites for hydroxylation is 1. The van der Waals surface area contributed by atoms with Crippen molar-refractivity contribution in [2.24, 2.45) is 0 Å². The van der Waals surface area contributed by atoms with Crippen molar-refractivity contribution < 1.29 is 14.3 Å². The fourth-order valence-electron chi connectivity index (χ4n) is 0.606. The Balaban J connectivity index is 0.000000252. The summed E-state index contributed by atoms with van der Waals surface area (Å²) >= 11 is 3.36. The molecular weight excluding hydrogens is 239 g/mol. The first-order chi connectivity index (χ1) is 6.06. The second-order valence-corrected chi connectivity index (χ2v) is 3.24. The third-order valence-corrected chi connectivity index (χ3v) is 1.59. The first-order valence-electron chi connectivity index (χ1n) is 3.56. The highest BCUT2D eigenvalue weighted by atomic mass is 79.9. The van der Waals surface area contributed by atoms with E-state index in [4.69, 9.17) is 9.90 Å². The number of alkyl halides is 1. The van der Waals surface area contributed by atoms with Gasteiger partial charge in [0.1, 0.15) is 0 Å². The third kappa shape index (κ3) is 7.46. The SMILES string of the molecule is Cc1cccc(Br)c1.O=C(O)CF. The normalized spacial score (nSPS) is 8.54. The van der Waals surface area contributed by atoms with Crippen LogP contribution in [-0.4, -0.2) is 17.8 Å². The van der Waals surface area contributed by atoms with Crippen LogP contribution in [0.3, 0.4) is 0 Å². The number of carboxylic acids is 1. The Morgan fingerprint density at radius 3 is 2.38 bits per heavy atom. The molecule has 0 bridgehead atoms. The molecule has 0 amide bonds. The molecule has 2 nitrogen and oxygen atoms in total. The topological polar surface area (TPSA) is 37.3 Å². The molecule has 13 heavy (non-hydrogen) atoms. The molecule has 1 aromatic carbocycles. The predicted octanol–water partition coefficient (Wildman–Crippen LogP) is 2.80. The van der Waals surface area contributed by atoms with E-state index in [0.717, 1.165) is 4.47 Å². The van der Waals surface area contributed by atoms with Crippen LogP contribution in [0.15, 0.2) is 28.7 Å². The van der Waals surface area contributed by atoms with Gasteiger partial charge in [-0.15, -0.1) is 0 Å². The zero-order valence-electron chi connectivity index (χ0n) is 7.13. The van der Waals surface area contributed by atoms with Crippen LogP contribution in [0.25, 0.3) is 0 Å². The molecule has 1 aromatic rings. The quantitative estimate of drug-likeness (QED) is 0.830. The van der Waals surface area contributed by atoms with Crippen molar-refractivity contribution in [3.05, 3.63) is 34.3 Å². The molecule has 1 N–H and O–H groups in total. The highest BCUT2D eigenvalue weighted by Gasteiger charge is 1.85. The van der Waals surface area contributed by atoms with E-state index in [2.05, 4.69) is 35.0 Å². The molecule has 0 aliphatic heterocycles. The average Bonchev–Trinajstić information content (AvgIpc) is 2.05. The second kappa shape index (κ2) is 6.60. The molecule has 4 heteroatoms. The Kier molecular flexibility index (Phi) is 6.14. The highest BCUT2D eigenvalue weighted by molar-refractivity contribution is 9.10. The minimum atomic E-state index is -1.41. The van der Waals surface area contributed by atoms with Crippen LogP contribution in [0.4, 0.5) is 4.39 Å². The van der Waals surface area contributed by atoms with Gasteiger partial charge in [-0.25, -0.2) is 9.18 Å². The number of rotatable bonds is 1. The van der Waals surface area contributed by atoms with Crippen molar-refractivity contribution in [2.75, 3.05) is 6.67 Å². The number of carboxylic acid groups (broad SMARTS) is 1. The fraction of sp³-hybridized carbons (Fsp3) is 0.222. The predicted molar refractivity (Wildman–Crippen MR) is 52.5 cm³/mol. The third-order valence-electron chi connectivity index (χ3n) is 1.09. The summed E-state index contributed by atoms with van der Waals surface area (Å²) in [7, 11) is 0. The molecule has 0 aliphatic carbocycles. The van der Waals surface area contributed by atoms with Crippen LogP contribution in [0.5, 0.6) is 0 Å². The zero-order valence-corrected chi connectivity index (χ0v) is 8.71. The summed E-state index contributed by atoms with van der Waals surface area (Å²) in [5.41, 5.74) is 1.29. The standard InChI is InChI=1S/C7H7Br.C2H3FO2/c1-6-3-2-4-7(8)5-6;3-1-2(4)5/h2-5H,1H3;1H2,(H,4,5). The van der Waals surface area contributed by atoms with E-state index in [0.29, 0.717) is 0 Å². The molecule has 0 atom stereocenters. The zero-order chi connectivity index (χ0) is 10.3. The van der Waals surface area contributed by atoms with Crippen LogP contribution < -0.4 is 0 Å². The summed E-state index contributed by atoms with van der Waals surface area (Å²) in [4.78, 5) is 8.99. The van der Waals surface area contributed by atoms with E-state index in [1.807, 2.05) is 12.1 Å². The van der Waals surface area contributed by atoms with Gasteiger partial charge in [0.15, 0.2) is 6.67 Å². The number of aliphatic carboxylic acids is 1. The largest absolute Gasteiger partial charge is 0.479 e. The van der Waals surface area contributed by atoms with Crippen LogP contribution >= 0.6 is 15.9 Å². The van der Waals surface area contributed by atoms with Crippen LogP contribution in [0.2, 0.25) is 0 Å². The maximum atomic E-state index is 10.5. The lowest BCUT2D eigenvalue weighted by atomic mass is 10.2. The van der Waals surface area contributed by atoms with E-state index >= 15 is 0 Å². The first-order valence-corrected chi connectivity index (χ1v) is 4.35. The molecule has 0 fully saturated rings. The van der Waals surface area contributed by atoms with Crippen LogP contribution in [0.1, 0.15) is 5.56 Å². The van der Waals surface area contributed by atoms with Crippen molar-refractivity contribution in [3.8, 4) is 0 Å². The van der Waals surface area contributed by atoms with Gasteiger partial charge in [-0.3, -0.25) is 0 Å². The summed E-state index contributed by atoms with van der Waals surface area (Å²) in [5.74, 6) is -1.41. The van der Waals surface area contributed by atoms with E-state index in [1.54, 1.807) is 0 Å². The summed E-state index contributed by atoms with van der Waals surface area (Å²) in [5, 5.41) is 7.35. The number of halogens is 2. The van der Waals surface area contributed by atoms with E-state index in [-0.39, 0.29) is 0 Å². The minimum Gasteiger partial charge on any atom is -0.479 e. The fourth-order valence-corrected chi connectivity index (χ4v) is 1.12. The number of hydrogen-bond acceptors (Lipinski definition) is 1. The van der Waals surface area contributed by atoms with Gasteiger partial charge < -0.3 is 5.11 Å². The molecule has 0 saturated carbocycles. The van der Waals surface area contributed by atoms with Crippen LogP contribution in [0, 0.1) is 6.92 Å². The maximum absolute atomic E-state index is 10.5. The Morgan fingerprint density at radius 2 is 2.15 bits per heavy atom. The Labute approximate surface area is 84.5 Å². The lowest BCUT2D eigenvalue weighted by Crippen LogP contribution is -1.93. The van der Waals surface area contributed by atoms with Gasteiger partial charge in [-0.05, 0) is 19.1 Å². The second-order valence-electron chi connectivity index (χ2n) is 2.33. The highest BCUT2D eigenvalue weighted by Crippen LogP contribution is 2.09. The van der Waals surface area contributed by atoms with E-state index < -0.39 is 12.6 Å². The molecule has 1 rings (SSSR count). The molecule has 72 valence electrons. The molecule has 0 radical (unpaired) electrons. The van der Waals surface area contributed by atoms with E-state index in [9.17, 15) is 4.39 Å². The van der Waals surface area contributed by atoms with E-state index in [1.165, 1.54) is 5.56 Å². The van der Waals surface area contributed by atoms with Crippen molar-refractivity contribution >= 4 is 21.9 Å². The van der Waals surface area contributed by atoms with Crippen molar-refractivity contribution in [2.45, 2.75) is 6.92 Å².